The highest BCUT2D eigenvalue weighted by Crippen LogP contribution is 2.19. The Morgan fingerprint density at radius 2 is 1.74 bits per heavy atom. The molecule has 0 fully saturated rings. The molecule has 0 aliphatic rings. The Bertz CT molecular complexity index is 626. The van der Waals surface area contributed by atoms with E-state index in [0.717, 1.165) is 11.3 Å². The molecule has 2 rings (SSSR count). The third-order valence-electron chi connectivity index (χ3n) is 3.84. The summed E-state index contributed by atoms with van der Waals surface area (Å²) in [5, 5.41) is 3.03. The molecule has 23 heavy (non-hydrogen) atoms. The van der Waals surface area contributed by atoms with Gasteiger partial charge in [0.05, 0.1) is 19.6 Å². The minimum Gasteiger partial charge on any atom is -0.496 e. The highest BCUT2D eigenvalue weighted by Gasteiger charge is 2.15. The first-order chi connectivity index (χ1) is 11.1. The molecule has 1 amide bonds. The lowest BCUT2D eigenvalue weighted by atomic mass is 10.1. The molecule has 0 heterocycles. The fraction of sp³-hybridized carbons (Fsp3) is 0.316. The van der Waals surface area contributed by atoms with E-state index in [1.165, 1.54) is 5.56 Å². The van der Waals surface area contributed by atoms with Crippen LogP contribution >= 0.6 is 0 Å². The zero-order valence-electron chi connectivity index (χ0n) is 14.0. The van der Waals surface area contributed by atoms with E-state index in [-0.39, 0.29) is 11.9 Å². The number of carbonyl (C=O) groups excluding carboxylic acids is 1. The Labute approximate surface area is 138 Å². The van der Waals surface area contributed by atoms with E-state index in [1.807, 2.05) is 56.6 Å². The molecule has 2 aromatic rings. The van der Waals surface area contributed by atoms with Crippen molar-refractivity contribution in [2.24, 2.45) is 0 Å². The van der Waals surface area contributed by atoms with E-state index >= 15 is 0 Å². The first-order valence-electron chi connectivity index (χ1n) is 7.71. The fourth-order valence-electron chi connectivity index (χ4n) is 2.57. The predicted octanol–water partition coefficient (Wildman–Crippen LogP) is 2.66. The first-order valence-corrected chi connectivity index (χ1v) is 7.71. The average Bonchev–Trinajstić information content (AvgIpc) is 2.56. The third-order valence-corrected chi connectivity index (χ3v) is 3.84. The van der Waals surface area contributed by atoms with Crippen molar-refractivity contribution in [3.8, 4) is 5.75 Å². The van der Waals surface area contributed by atoms with E-state index in [9.17, 15) is 4.79 Å². The number of likely N-dealkylation sites (N-methyl/N-ethyl adjacent to an activating group) is 1. The van der Waals surface area contributed by atoms with Gasteiger partial charge in [0.25, 0.3) is 0 Å². The summed E-state index contributed by atoms with van der Waals surface area (Å²) in [6.45, 7) is 0.574. The predicted molar refractivity (Wildman–Crippen MR) is 92.6 cm³/mol. The topological polar surface area (TPSA) is 41.6 Å². The van der Waals surface area contributed by atoms with Crippen LogP contribution in [0.4, 0.5) is 0 Å². The number of amides is 1. The quantitative estimate of drug-likeness (QED) is 0.854. The summed E-state index contributed by atoms with van der Waals surface area (Å²) in [5.41, 5.74) is 2.09. The molecule has 0 bridgehead atoms. The monoisotopic (exact) mass is 312 g/mol. The summed E-state index contributed by atoms with van der Waals surface area (Å²) in [4.78, 5) is 14.4. The second-order valence-electron chi connectivity index (χ2n) is 5.68. The molecule has 0 saturated heterocycles. The van der Waals surface area contributed by atoms with Gasteiger partial charge in [0.1, 0.15) is 5.75 Å². The van der Waals surface area contributed by atoms with Crippen molar-refractivity contribution in [1.29, 1.82) is 0 Å². The van der Waals surface area contributed by atoms with Gasteiger partial charge in [-0.25, -0.2) is 0 Å². The van der Waals surface area contributed by atoms with Crippen molar-refractivity contribution in [3.05, 3.63) is 65.7 Å². The second-order valence-corrected chi connectivity index (χ2v) is 5.68. The number of methoxy groups -OCH3 is 1. The molecule has 1 N–H and O–H groups in total. The van der Waals surface area contributed by atoms with Gasteiger partial charge in [-0.3, -0.25) is 4.79 Å². The van der Waals surface area contributed by atoms with Crippen LogP contribution in [-0.2, 0) is 11.2 Å². The van der Waals surface area contributed by atoms with Gasteiger partial charge in [0, 0.05) is 12.1 Å². The number of rotatable bonds is 7. The molecular formula is C19H24N2O2. The number of para-hydroxylation sites is 1. The molecule has 2 aromatic carbocycles. The Kier molecular flexibility index (Phi) is 6.18. The molecule has 4 heteroatoms. The lowest BCUT2D eigenvalue weighted by Gasteiger charge is -2.25. The van der Waals surface area contributed by atoms with Gasteiger partial charge >= 0.3 is 0 Å². The Hall–Kier alpha value is -2.33. The van der Waals surface area contributed by atoms with Crippen molar-refractivity contribution in [3.63, 3.8) is 0 Å². The molecule has 4 nitrogen and oxygen atoms in total. The smallest absolute Gasteiger partial charge is 0.224 e. The minimum atomic E-state index is -0.00252. The van der Waals surface area contributed by atoms with Crippen LogP contribution in [0.15, 0.2) is 54.6 Å². The summed E-state index contributed by atoms with van der Waals surface area (Å²) in [6.07, 6.45) is 0.318. The van der Waals surface area contributed by atoms with Gasteiger partial charge in [-0.1, -0.05) is 48.5 Å². The van der Waals surface area contributed by atoms with Crippen molar-refractivity contribution >= 4 is 5.91 Å². The SMILES string of the molecule is COc1ccccc1CC(=O)NCC(c1ccccc1)N(C)C. The summed E-state index contributed by atoms with van der Waals surface area (Å²) < 4.78 is 5.29. The number of hydrogen-bond acceptors (Lipinski definition) is 3. The largest absolute Gasteiger partial charge is 0.496 e. The van der Waals surface area contributed by atoms with Crippen LogP contribution in [0.2, 0.25) is 0 Å². The Morgan fingerprint density at radius 3 is 2.39 bits per heavy atom. The van der Waals surface area contributed by atoms with Crippen LogP contribution in [0.5, 0.6) is 5.75 Å². The number of benzene rings is 2. The molecule has 0 saturated carbocycles. The molecule has 0 spiro atoms. The van der Waals surface area contributed by atoms with Crippen molar-refractivity contribution < 1.29 is 9.53 Å². The van der Waals surface area contributed by atoms with Crippen LogP contribution in [0.3, 0.4) is 0 Å². The van der Waals surface area contributed by atoms with E-state index in [1.54, 1.807) is 7.11 Å². The number of hydrogen-bond donors (Lipinski definition) is 1. The number of nitrogens with one attached hydrogen (secondary N) is 1. The lowest BCUT2D eigenvalue weighted by Crippen LogP contribution is -2.35. The van der Waals surface area contributed by atoms with Crippen molar-refractivity contribution in [1.82, 2.24) is 10.2 Å². The number of ether oxygens (including phenoxy) is 1. The van der Waals surface area contributed by atoms with Crippen LogP contribution < -0.4 is 10.1 Å². The fourth-order valence-corrected chi connectivity index (χ4v) is 2.57. The third kappa shape index (κ3) is 4.83. The maximum absolute atomic E-state index is 12.3. The van der Waals surface area contributed by atoms with Crippen LogP contribution in [-0.4, -0.2) is 38.6 Å². The van der Waals surface area contributed by atoms with E-state index < -0.39 is 0 Å². The summed E-state index contributed by atoms with van der Waals surface area (Å²) in [7, 11) is 5.66. The van der Waals surface area contributed by atoms with Crippen LogP contribution in [0.1, 0.15) is 17.2 Å². The molecule has 0 aromatic heterocycles. The standard InChI is InChI=1S/C19H24N2O2/c1-21(2)17(15-9-5-4-6-10-15)14-20-19(22)13-16-11-7-8-12-18(16)23-3/h4-12,17H,13-14H2,1-3H3,(H,20,22). The summed E-state index contributed by atoms with van der Waals surface area (Å²) in [6, 6.07) is 17.9. The molecule has 1 atom stereocenters. The van der Waals surface area contributed by atoms with E-state index in [4.69, 9.17) is 4.74 Å². The Balaban J connectivity index is 1.97. The van der Waals surface area contributed by atoms with Gasteiger partial charge in [-0.2, -0.15) is 0 Å². The van der Waals surface area contributed by atoms with Crippen molar-refractivity contribution in [2.75, 3.05) is 27.7 Å². The highest BCUT2D eigenvalue weighted by atomic mass is 16.5. The van der Waals surface area contributed by atoms with Gasteiger partial charge in [-0.15, -0.1) is 0 Å². The Morgan fingerprint density at radius 1 is 1.09 bits per heavy atom. The van der Waals surface area contributed by atoms with Gasteiger partial charge < -0.3 is 15.0 Å². The minimum absolute atomic E-state index is 0.00252. The lowest BCUT2D eigenvalue weighted by molar-refractivity contribution is -0.120. The average molecular weight is 312 g/mol. The first kappa shape index (κ1) is 17.0. The normalized spacial score (nSPS) is 12.0. The van der Waals surface area contributed by atoms with E-state index in [2.05, 4.69) is 22.3 Å². The number of nitrogens with zero attached hydrogens (tertiary/aromatic N) is 1. The van der Waals surface area contributed by atoms with Gasteiger partial charge in [-0.05, 0) is 25.7 Å². The molecule has 122 valence electrons. The van der Waals surface area contributed by atoms with Gasteiger partial charge in [0.15, 0.2) is 0 Å². The molecule has 0 radical (unpaired) electrons. The maximum atomic E-state index is 12.3. The molecule has 1 unspecified atom stereocenters. The summed E-state index contributed by atoms with van der Waals surface area (Å²) >= 11 is 0. The zero-order chi connectivity index (χ0) is 16.7. The maximum Gasteiger partial charge on any atom is 0.224 e. The van der Waals surface area contributed by atoms with Crippen molar-refractivity contribution in [2.45, 2.75) is 12.5 Å². The summed E-state index contributed by atoms with van der Waals surface area (Å²) in [5.74, 6) is 0.743. The van der Waals surface area contributed by atoms with Crippen LogP contribution in [0.25, 0.3) is 0 Å². The second kappa shape index (κ2) is 8.34. The van der Waals surface area contributed by atoms with Gasteiger partial charge in [0.2, 0.25) is 5.91 Å². The zero-order valence-corrected chi connectivity index (χ0v) is 14.0. The molecule has 0 aliphatic carbocycles. The highest BCUT2D eigenvalue weighted by molar-refractivity contribution is 5.79. The van der Waals surface area contributed by atoms with E-state index in [0.29, 0.717) is 13.0 Å². The van der Waals surface area contributed by atoms with Crippen LogP contribution in [0, 0.1) is 0 Å². The molecule has 0 aliphatic heterocycles. The molecular weight excluding hydrogens is 288 g/mol. The number of carbonyl (C=O) groups is 1.